The predicted molar refractivity (Wildman–Crippen MR) is 68.7 cm³/mol. The Balaban J connectivity index is 2.48. The molecule has 2 rings (SSSR count). The molecule has 0 spiro atoms. The number of fused-ring (bicyclic) bond motifs is 1. The molecular formula is C14H13NO3. The third-order valence-corrected chi connectivity index (χ3v) is 2.41. The Morgan fingerprint density at radius 2 is 2.06 bits per heavy atom. The van der Waals surface area contributed by atoms with Crippen molar-refractivity contribution in [3.63, 3.8) is 0 Å². The first-order chi connectivity index (χ1) is 8.61. The van der Waals surface area contributed by atoms with Crippen LogP contribution in [0, 0.1) is 0 Å². The average Bonchev–Trinajstić information content (AvgIpc) is 2.37. The summed E-state index contributed by atoms with van der Waals surface area (Å²) in [5, 5.41) is 0.921. The van der Waals surface area contributed by atoms with E-state index in [1.807, 2.05) is 24.3 Å². The lowest BCUT2D eigenvalue weighted by atomic mass is 10.2. The van der Waals surface area contributed by atoms with Crippen LogP contribution in [-0.4, -0.2) is 18.1 Å². The van der Waals surface area contributed by atoms with Crippen molar-refractivity contribution >= 4 is 16.9 Å². The van der Waals surface area contributed by atoms with Gasteiger partial charge in [-0.1, -0.05) is 24.8 Å². The van der Waals surface area contributed by atoms with E-state index in [-0.39, 0.29) is 5.88 Å². The van der Waals surface area contributed by atoms with E-state index in [9.17, 15) is 4.79 Å². The number of aromatic nitrogens is 1. The first-order valence-corrected chi connectivity index (χ1v) is 5.43. The monoisotopic (exact) mass is 243 g/mol. The highest BCUT2D eigenvalue weighted by Crippen LogP contribution is 2.29. The number of hydrogen-bond acceptors (Lipinski definition) is 4. The van der Waals surface area contributed by atoms with Crippen molar-refractivity contribution in [2.24, 2.45) is 0 Å². The molecule has 0 aliphatic heterocycles. The molecule has 0 saturated carbocycles. The highest BCUT2D eigenvalue weighted by molar-refractivity contribution is 5.89. The van der Waals surface area contributed by atoms with Gasteiger partial charge in [-0.3, -0.25) is 0 Å². The predicted octanol–water partition coefficient (Wildman–Crippen LogP) is 2.72. The molecule has 4 heteroatoms. The number of benzene rings is 1. The van der Waals surface area contributed by atoms with Crippen LogP contribution in [0.15, 0.2) is 42.5 Å². The summed E-state index contributed by atoms with van der Waals surface area (Å²) in [6.45, 7) is 5.11. The third kappa shape index (κ3) is 2.32. The van der Waals surface area contributed by atoms with E-state index in [0.717, 1.165) is 10.9 Å². The summed E-state index contributed by atoms with van der Waals surface area (Å²) in [5.41, 5.74) is 1.05. The fourth-order valence-corrected chi connectivity index (χ4v) is 1.47. The minimum atomic E-state index is -0.518. The van der Waals surface area contributed by atoms with Crippen molar-refractivity contribution in [1.29, 1.82) is 0 Å². The summed E-state index contributed by atoms with van der Waals surface area (Å²) in [6.07, 6.45) is 0. The van der Waals surface area contributed by atoms with Crippen molar-refractivity contribution in [3.8, 4) is 11.6 Å². The Kier molecular flexibility index (Phi) is 3.28. The summed E-state index contributed by atoms with van der Waals surface area (Å²) in [7, 11) is 1.50. The Morgan fingerprint density at radius 1 is 1.33 bits per heavy atom. The Bertz CT molecular complexity index is 619. The molecule has 1 aromatic carbocycles. The van der Waals surface area contributed by atoms with Gasteiger partial charge in [0.1, 0.15) is 0 Å². The van der Waals surface area contributed by atoms with Gasteiger partial charge in [0, 0.05) is 11.0 Å². The van der Waals surface area contributed by atoms with Crippen LogP contribution >= 0.6 is 0 Å². The molecule has 1 aromatic heterocycles. The molecule has 1 heterocycles. The number of nitrogens with zero attached hydrogens (tertiary/aromatic N) is 1. The van der Waals surface area contributed by atoms with E-state index in [1.165, 1.54) is 7.11 Å². The first kappa shape index (κ1) is 12.1. The molecular weight excluding hydrogens is 230 g/mol. The lowest BCUT2D eigenvalue weighted by Crippen LogP contribution is -2.10. The second-order valence-electron chi connectivity index (χ2n) is 3.86. The van der Waals surface area contributed by atoms with E-state index in [0.29, 0.717) is 11.3 Å². The number of rotatable bonds is 3. The molecule has 0 atom stereocenters. The van der Waals surface area contributed by atoms with E-state index in [4.69, 9.17) is 9.47 Å². The van der Waals surface area contributed by atoms with Gasteiger partial charge in [-0.25, -0.2) is 9.78 Å². The Morgan fingerprint density at radius 3 is 2.72 bits per heavy atom. The number of esters is 1. The fourth-order valence-electron chi connectivity index (χ4n) is 1.47. The number of carbonyl (C=O) groups excluding carboxylic acids is 1. The van der Waals surface area contributed by atoms with Crippen molar-refractivity contribution in [2.75, 3.05) is 7.11 Å². The number of para-hydroxylation sites is 1. The van der Waals surface area contributed by atoms with Gasteiger partial charge in [-0.05, 0) is 19.1 Å². The second-order valence-corrected chi connectivity index (χ2v) is 3.86. The highest BCUT2D eigenvalue weighted by atomic mass is 16.6. The topological polar surface area (TPSA) is 48.4 Å². The number of methoxy groups -OCH3 is 1. The number of ether oxygens (including phenoxy) is 2. The first-order valence-electron chi connectivity index (χ1n) is 5.43. The van der Waals surface area contributed by atoms with Gasteiger partial charge in [0.25, 0.3) is 5.88 Å². The van der Waals surface area contributed by atoms with E-state index in [2.05, 4.69) is 11.6 Å². The summed E-state index contributed by atoms with van der Waals surface area (Å²) < 4.78 is 10.3. The number of pyridine rings is 1. The van der Waals surface area contributed by atoms with Crippen LogP contribution in [0.3, 0.4) is 0 Å². The Hall–Kier alpha value is -2.36. The summed E-state index contributed by atoms with van der Waals surface area (Å²) in [5.74, 6) is 0.0589. The molecule has 0 aliphatic carbocycles. The van der Waals surface area contributed by atoms with Crippen LogP contribution in [0.25, 0.3) is 10.9 Å². The fraction of sp³-hybridized carbons (Fsp3) is 0.143. The second kappa shape index (κ2) is 4.87. The third-order valence-electron chi connectivity index (χ3n) is 2.41. The van der Waals surface area contributed by atoms with Gasteiger partial charge < -0.3 is 9.47 Å². The van der Waals surface area contributed by atoms with Gasteiger partial charge in [-0.2, -0.15) is 0 Å². The molecule has 2 aromatic rings. The molecule has 18 heavy (non-hydrogen) atoms. The van der Waals surface area contributed by atoms with Crippen molar-refractivity contribution in [3.05, 3.63) is 42.5 Å². The van der Waals surface area contributed by atoms with Gasteiger partial charge in [0.15, 0.2) is 5.75 Å². The van der Waals surface area contributed by atoms with Gasteiger partial charge >= 0.3 is 5.97 Å². The molecule has 0 amide bonds. The standard InChI is InChI=1S/C14H13NO3/c1-9(2)14(16)18-13-12(17-3)8-10-6-4-5-7-11(10)15-13/h4-8H,1H2,2-3H3. The van der Waals surface area contributed by atoms with Crippen LogP contribution in [0.5, 0.6) is 11.6 Å². The summed E-state index contributed by atoms with van der Waals surface area (Å²) in [6, 6.07) is 9.31. The van der Waals surface area contributed by atoms with E-state index in [1.54, 1.807) is 13.0 Å². The van der Waals surface area contributed by atoms with Crippen molar-refractivity contribution in [1.82, 2.24) is 4.98 Å². The molecule has 0 unspecified atom stereocenters. The molecule has 0 radical (unpaired) electrons. The zero-order chi connectivity index (χ0) is 13.1. The minimum Gasteiger partial charge on any atom is -0.491 e. The highest BCUT2D eigenvalue weighted by Gasteiger charge is 2.13. The summed E-state index contributed by atoms with van der Waals surface area (Å²) in [4.78, 5) is 15.8. The van der Waals surface area contributed by atoms with Gasteiger partial charge in [0.05, 0.1) is 12.6 Å². The number of hydrogen-bond donors (Lipinski definition) is 0. The van der Waals surface area contributed by atoms with Gasteiger partial charge in [-0.15, -0.1) is 0 Å². The molecule has 0 saturated heterocycles. The average molecular weight is 243 g/mol. The lowest BCUT2D eigenvalue weighted by molar-refractivity contribution is -0.130. The van der Waals surface area contributed by atoms with E-state index < -0.39 is 5.97 Å². The SMILES string of the molecule is C=C(C)C(=O)Oc1nc2ccccc2cc1OC. The lowest BCUT2D eigenvalue weighted by Gasteiger charge is -2.09. The summed E-state index contributed by atoms with van der Waals surface area (Å²) >= 11 is 0. The molecule has 4 nitrogen and oxygen atoms in total. The molecule has 0 N–H and O–H groups in total. The zero-order valence-corrected chi connectivity index (χ0v) is 10.3. The maximum absolute atomic E-state index is 11.5. The normalized spacial score (nSPS) is 10.1. The molecule has 0 fully saturated rings. The van der Waals surface area contributed by atoms with Crippen LogP contribution in [0.2, 0.25) is 0 Å². The molecule has 92 valence electrons. The van der Waals surface area contributed by atoms with E-state index >= 15 is 0 Å². The number of carbonyl (C=O) groups is 1. The van der Waals surface area contributed by atoms with Crippen LogP contribution in [0.4, 0.5) is 0 Å². The quantitative estimate of drug-likeness (QED) is 0.614. The Labute approximate surface area is 105 Å². The largest absolute Gasteiger partial charge is 0.491 e. The maximum atomic E-state index is 11.5. The van der Waals surface area contributed by atoms with Gasteiger partial charge in [0.2, 0.25) is 0 Å². The molecule has 0 aliphatic rings. The van der Waals surface area contributed by atoms with Crippen LogP contribution < -0.4 is 9.47 Å². The van der Waals surface area contributed by atoms with Crippen LogP contribution in [0.1, 0.15) is 6.92 Å². The zero-order valence-electron chi connectivity index (χ0n) is 10.3. The molecule has 0 bridgehead atoms. The smallest absolute Gasteiger partial charge is 0.339 e. The van der Waals surface area contributed by atoms with Crippen molar-refractivity contribution in [2.45, 2.75) is 6.92 Å². The minimum absolute atomic E-state index is 0.157. The maximum Gasteiger partial charge on any atom is 0.339 e. The van der Waals surface area contributed by atoms with Crippen LogP contribution in [-0.2, 0) is 4.79 Å². The van der Waals surface area contributed by atoms with Crippen molar-refractivity contribution < 1.29 is 14.3 Å².